The van der Waals surface area contributed by atoms with Crippen LogP contribution < -0.4 is 19.8 Å². The van der Waals surface area contributed by atoms with Crippen LogP contribution in [0.5, 0.6) is 5.75 Å². The van der Waals surface area contributed by atoms with Crippen molar-refractivity contribution < 1.29 is 41.8 Å². The number of amides is 3. The third-order valence-corrected chi connectivity index (χ3v) is 13.3. The number of nitrogens with one attached hydrogen (secondary N) is 2. The zero-order valence-electron chi connectivity index (χ0n) is 27.6. The van der Waals surface area contributed by atoms with Crippen molar-refractivity contribution in [2.75, 3.05) is 23.4 Å². The summed E-state index contributed by atoms with van der Waals surface area (Å²) in [7, 11) is 0. The van der Waals surface area contributed by atoms with Crippen molar-refractivity contribution in [2.45, 2.75) is 35.7 Å². The van der Waals surface area contributed by atoms with Gasteiger partial charge < -0.3 is 19.8 Å². The van der Waals surface area contributed by atoms with E-state index < -0.39 is 59.8 Å². The Kier molecular flexibility index (Phi) is 8.93. The third kappa shape index (κ3) is 6.11. The molecule has 4 aromatic rings. The molecule has 1 aromatic heterocycles. The molecular formula is C37H29ClF3N3O7S2. The van der Waals surface area contributed by atoms with Crippen LogP contribution >= 0.6 is 34.7 Å². The van der Waals surface area contributed by atoms with Crippen molar-refractivity contribution in [3.8, 4) is 5.75 Å². The van der Waals surface area contributed by atoms with E-state index in [0.29, 0.717) is 39.0 Å². The van der Waals surface area contributed by atoms with Gasteiger partial charge in [-0.05, 0) is 91.8 Å². The summed E-state index contributed by atoms with van der Waals surface area (Å²) < 4.78 is 51.9. The van der Waals surface area contributed by atoms with Crippen LogP contribution in [0.15, 0.2) is 76.6 Å². The summed E-state index contributed by atoms with van der Waals surface area (Å²) in [5.41, 5.74) is 0.302. The van der Waals surface area contributed by atoms with Gasteiger partial charge >= 0.3 is 17.0 Å². The molecular weight excluding hydrogens is 755 g/mol. The Morgan fingerprint density at radius 1 is 1.00 bits per heavy atom. The number of aromatic nitrogens is 1. The van der Waals surface area contributed by atoms with Gasteiger partial charge in [-0.1, -0.05) is 29.0 Å². The molecule has 2 aliphatic heterocycles. The van der Waals surface area contributed by atoms with Crippen molar-refractivity contribution in [3.63, 3.8) is 0 Å². The largest absolute Gasteiger partial charge is 0.483 e. The average Bonchev–Trinajstić information content (AvgIpc) is 3.86. The molecule has 0 radical (unpaired) electrons. The first-order chi connectivity index (χ1) is 25.3. The van der Waals surface area contributed by atoms with Gasteiger partial charge in [-0.15, -0.1) is 11.8 Å². The number of fused-ring (bicyclic) bond motifs is 9. The van der Waals surface area contributed by atoms with Crippen LogP contribution in [0.3, 0.4) is 0 Å². The maximum Gasteiger partial charge on any atom is 0.416 e. The van der Waals surface area contributed by atoms with Gasteiger partial charge in [-0.3, -0.25) is 24.1 Å². The first-order valence-corrected chi connectivity index (χ1v) is 18.9. The lowest BCUT2D eigenvalue weighted by molar-refractivity contribution is -0.137. The van der Waals surface area contributed by atoms with Crippen LogP contribution in [-0.2, 0) is 25.3 Å². The highest BCUT2D eigenvalue weighted by atomic mass is 35.5. The van der Waals surface area contributed by atoms with E-state index in [-0.39, 0.29) is 40.2 Å². The standard InChI is InChI=1S/C37H29ClF3N3O7S2/c1-2-50-35(48)16-6-9-19(10-7-16)42-25(45)15-51-24-11-8-18(38)13-21(24)26-27-22-14-23(30(27)52-32-31(26)53-36(49)43-32)29-28(22)33(46)44(34(29)47)20-5-3-4-17(12-20)37(39,40)41/h3-13,22-23,26-30H,2,14-15H2,1H3,(H,42,45)(H,43,49)/t22-,23-,26-,27?,28?,29?,30?/m1/s1. The minimum atomic E-state index is -4.65. The number of ether oxygens (including phenoxy) is 2. The molecule has 2 N–H and O–H groups in total. The summed E-state index contributed by atoms with van der Waals surface area (Å²) in [5, 5.41) is 3.54. The number of thiazole rings is 1. The van der Waals surface area contributed by atoms with Crippen LogP contribution in [0.1, 0.15) is 45.6 Å². The highest BCUT2D eigenvalue weighted by Gasteiger charge is 2.70. The highest BCUT2D eigenvalue weighted by Crippen LogP contribution is 2.69. The lowest BCUT2D eigenvalue weighted by atomic mass is 9.68. The fourth-order valence-electron chi connectivity index (χ4n) is 8.58. The molecule has 8 rings (SSSR count). The Labute approximate surface area is 313 Å². The zero-order chi connectivity index (χ0) is 37.3. The van der Waals surface area contributed by atoms with Gasteiger partial charge in [0.25, 0.3) is 5.91 Å². The Balaban J connectivity index is 1.09. The molecule has 3 aromatic carbocycles. The number of aromatic amines is 1. The van der Waals surface area contributed by atoms with Crippen molar-refractivity contribution in [2.24, 2.45) is 29.6 Å². The summed E-state index contributed by atoms with van der Waals surface area (Å²) in [6.45, 7) is 1.54. The molecule has 274 valence electrons. The van der Waals surface area contributed by atoms with E-state index in [1.165, 1.54) is 36.0 Å². The number of benzene rings is 3. The number of thioether (sulfide) groups is 1. The molecule has 2 saturated carbocycles. The first kappa shape index (κ1) is 35.4. The number of imide groups is 1. The molecule has 0 spiro atoms. The summed E-state index contributed by atoms with van der Waals surface area (Å²) in [5.74, 6) is -4.53. The van der Waals surface area contributed by atoms with Gasteiger partial charge in [0.1, 0.15) is 5.75 Å². The van der Waals surface area contributed by atoms with Crippen LogP contribution in [0.25, 0.3) is 0 Å². The normalized spacial score (nSPS) is 25.5. The van der Waals surface area contributed by atoms with Gasteiger partial charge in [0.05, 0.1) is 40.3 Å². The maximum absolute atomic E-state index is 14.1. The third-order valence-electron chi connectivity index (χ3n) is 10.5. The molecule has 2 aliphatic carbocycles. The number of alkyl halides is 3. The van der Waals surface area contributed by atoms with Crippen LogP contribution in [0.4, 0.5) is 24.5 Å². The lowest BCUT2D eigenvalue weighted by Gasteiger charge is -2.43. The van der Waals surface area contributed by atoms with Gasteiger partial charge in [0.2, 0.25) is 11.8 Å². The molecule has 16 heteroatoms. The number of carbonyl (C=O) groups is 4. The second kappa shape index (κ2) is 13.4. The fraction of sp³-hybridized carbons (Fsp3) is 0.324. The number of hydrogen-bond acceptors (Lipinski definition) is 9. The van der Waals surface area contributed by atoms with E-state index in [4.69, 9.17) is 21.1 Å². The molecule has 4 unspecified atom stereocenters. The van der Waals surface area contributed by atoms with Gasteiger partial charge in [0.15, 0.2) is 6.61 Å². The van der Waals surface area contributed by atoms with E-state index in [1.54, 1.807) is 37.3 Å². The molecule has 3 heterocycles. The second-order valence-electron chi connectivity index (χ2n) is 13.3. The second-order valence-corrected chi connectivity index (χ2v) is 16.0. The molecule has 7 atom stereocenters. The molecule has 4 aliphatic rings. The number of nitrogens with zero attached hydrogens (tertiary/aromatic N) is 1. The van der Waals surface area contributed by atoms with Crippen LogP contribution in [0.2, 0.25) is 5.02 Å². The maximum atomic E-state index is 14.1. The molecule has 3 amide bonds. The first-order valence-electron chi connectivity index (χ1n) is 16.8. The monoisotopic (exact) mass is 783 g/mol. The lowest BCUT2D eigenvalue weighted by Crippen LogP contribution is -2.42. The number of H-pyrrole nitrogens is 1. The van der Waals surface area contributed by atoms with E-state index in [1.807, 2.05) is 0 Å². The fourth-order valence-corrected chi connectivity index (χ4v) is 11.6. The van der Waals surface area contributed by atoms with Crippen molar-refractivity contribution in [1.29, 1.82) is 0 Å². The molecule has 10 nitrogen and oxygen atoms in total. The average molecular weight is 784 g/mol. The number of anilines is 2. The smallest absolute Gasteiger partial charge is 0.416 e. The predicted octanol–water partition coefficient (Wildman–Crippen LogP) is 6.98. The summed E-state index contributed by atoms with van der Waals surface area (Å²) in [4.78, 5) is 70.1. The van der Waals surface area contributed by atoms with E-state index in [0.717, 1.165) is 33.2 Å². The van der Waals surface area contributed by atoms with Crippen molar-refractivity contribution in [1.82, 2.24) is 4.98 Å². The van der Waals surface area contributed by atoms with Crippen molar-refractivity contribution in [3.05, 3.63) is 103 Å². The quantitative estimate of drug-likeness (QED) is 0.145. The van der Waals surface area contributed by atoms with Gasteiger partial charge in [-0.2, -0.15) is 13.2 Å². The summed E-state index contributed by atoms with van der Waals surface area (Å²) >= 11 is 9.04. The SMILES string of the molecule is CCOC(=O)c1ccc(NC(=O)COc2ccc(Cl)cc2[C@H]2c3sc(=O)[nH]c3SC3C2[C@H]2C[C@@H]3C3C(=O)N(c4cccc(C(F)(F)F)c4)C(=O)C32)cc1. The van der Waals surface area contributed by atoms with E-state index in [9.17, 15) is 37.1 Å². The Hall–Kier alpha value is -4.60. The minimum Gasteiger partial charge on any atom is -0.483 e. The van der Waals surface area contributed by atoms with Crippen LogP contribution in [-0.4, -0.2) is 47.1 Å². The Morgan fingerprint density at radius 2 is 1.74 bits per heavy atom. The minimum absolute atomic E-state index is 0.113. The molecule has 3 fully saturated rings. The predicted molar refractivity (Wildman–Crippen MR) is 190 cm³/mol. The van der Waals surface area contributed by atoms with Gasteiger partial charge in [0, 0.05) is 32.3 Å². The zero-order valence-corrected chi connectivity index (χ0v) is 30.0. The van der Waals surface area contributed by atoms with Crippen LogP contribution in [0, 0.1) is 29.6 Å². The number of carbonyl (C=O) groups excluding carboxylic acids is 4. The number of halogens is 4. The molecule has 53 heavy (non-hydrogen) atoms. The number of esters is 1. The number of hydrogen-bond donors (Lipinski definition) is 2. The highest BCUT2D eigenvalue weighted by molar-refractivity contribution is 8.00. The van der Waals surface area contributed by atoms with Gasteiger partial charge in [-0.25, -0.2) is 4.79 Å². The number of rotatable bonds is 8. The van der Waals surface area contributed by atoms with E-state index in [2.05, 4.69) is 10.3 Å². The van der Waals surface area contributed by atoms with Crippen molar-refractivity contribution >= 4 is 69.8 Å². The Bertz CT molecular complexity index is 2230. The topological polar surface area (TPSA) is 135 Å². The van der Waals surface area contributed by atoms with E-state index >= 15 is 0 Å². The molecule has 2 bridgehead atoms. The Morgan fingerprint density at radius 3 is 2.45 bits per heavy atom. The summed E-state index contributed by atoms with van der Waals surface area (Å²) in [6.07, 6.45) is -4.10. The molecule has 1 saturated heterocycles. The summed E-state index contributed by atoms with van der Waals surface area (Å²) in [6, 6.07) is 15.4.